The minimum atomic E-state index is -4.05. The Labute approximate surface area is 236 Å². The van der Waals surface area contributed by atoms with E-state index in [4.69, 9.17) is 34.8 Å². The zero-order chi connectivity index (χ0) is 28.9. The molecule has 2 aromatic rings. The smallest absolute Gasteiger partial charge is 0.326 e. The minimum absolute atomic E-state index is 0.0168. The molecule has 0 bridgehead atoms. The third-order valence-electron chi connectivity index (χ3n) is 6.81. The maximum Gasteiger partial charge on any atom is 0.326 e. The van der Waals surface area contributed by atoms with E-state index >= 15 is 8.78 Å². The number of rotatable bonds is 12. The Hall–Kier alpha value is -1.52. The Morgan fingerprint density at radius 3 is 1.90 bits per heavy atom. The molecule has 11 heteroatoms. The van der Waals surface area contributed by atoms with Crippen LogP contribution in [0.4, 0.5) is 8.78 Å². The van der Waals surface area contributed by atoms with Crippen LogP contribution < -0.4 is 10.4 Å². The fourth-order valence-corrected chi connectivity index (χ4v) is 12.6. The number of hydrogen-bond acceptors (Lipinski definition) is 7. The van der Waals surface area contributed by atoms with Gasteiger partial charge >= 0.3 is 11.6 Å². The summed E-state index contributed by atoms with van der Waals surface area (Å²) < 4.78 is 61.4. The Kier molecular flexibility index (Phi) is 10.6. The highest BCUT2D eigenvalue weighted by Gasteiger charge is 2.61. The van der Waals surface area contributed by atoms with Crippen LogP contribution in [0.25, 0.3) is 0 Å². The van der Waals surface area contributed by atoms with Crippen molar-refractivity contribution in [1.82, 2.24) is 0 Å². The number of carbonyl (C=O) groups excluding carboxylic acids is 1. The molecule has 0 N–H and O–H groups in total. The van der Waals surface area contributed by atoms with Crippen molar-refractivity contribution in [2.24, 2.45) is 5.92 Å². The molecule has 39 heavy (non-hydrogen) atoms. The van der Waals surface area contributed by atoms with E-state index in [0.717, 1.165) is 10.4 Å². The zero-order valence-corrected chi connectivity index (χ0v) is 26.1. The predicted octanol–water partition coefficient (Wildman–Crippen LogP) is 5.83. The molecule has 3 atom stereocenters. The van der Waals surface area contributed by atoms with E-state index < -0.39 is 44.8 Å². The maximum atomic E-state index is 16.2. The van der Waals surface area contributed by atoms with Gasteiger partial charge in [0, 0.05) is 13.3 Å². The van der Waals surface area contributed by atoms with E-state index in [2.05, 4.69) is 20.8 Å². The molecule has 0 aliphatic carbocycles. The number of hydrogen-bond donors (Lipinski definition) is 0. The van der Waals surface area contributed by atoms with Crippen molar-refractivity contribution < 1.29 is 36.5 Å². The predicted molar refractivity (Wildman–Crippen MR) is 155 cm³/mol. The summed E-state index contributed by atoms with van der Waals surface area (Å²) in [5.74, 6) is -2.06. The summed E-state index contributed by atoms with van der Waals surface area (Å²) in [6, 6.07) is 19.8. The van der Waals surface area contributed by atoms with Gasteiger partial charge in [-0.1, -0.05) is 81.4 Å². The average Bonchev–Trinajstić information content (AvgIpc) is 3.28. The molecular weight excluding hydrogens is 561 g/mol. The van der Waals surface area contributed by atoms with Gasteiger partial charge in [-0.3, -0.25) is 4.79 Å². The van der Waals surface area contributed by atoms with Crippen LogP contribution in [0.2, 0.25) is 5.04 Å². The highest BCUT2D eigenvalue weighted by atomic mass is 32.5. The normalized spacial score (nSPS) is 20.7. The van der Waals surface area contributed by atoms with E-state index in [1.54, 1.807) is 13.8 Å². The van der Waals surface area contributed by atoms with Gasteiger partial charge in [0.2, 0.25) is 6.29 Å². The van der Waals surface area contributed by atoms with Crippen LogP contribution in [-0.4, -0.2) is 52.2 Å². The van der Waals surface area contributed by atoms with Gasteiger partial charge in [-0.15, -0.1) is 0 Å². The van der Waals surface area contributed by atoms with Gasteiger partial charge in [0.15, 0.2) is 0 Å². The van der Waals surface area contributed by atoms with Gasteiger partial charge in [0.05, 0.1) is 31.8 Å². The Bertz CT molecular complexity index is 1080. The minimum Gasteiger partial charge on any atom is -0.436 e. The molecule has 1 heterocycles. The lowest BCUT2D eigenvalue weighted by molar-refractivity contribution is -0.175. The molecule has 1 fully saturated rings. The second-order valence-corrected chi connectivity index (χ2v) is 18.3. The van der Waals surface area contributed by atoms with Crippen LogP contribution in [0, 0.1) is 5.92 Å². The largest absolute Gasteiger partial charge is 0.436 e. The van der Waals surface area contributed by atoms with Crippen molar-refractivity contribution in [3.63, 3.8) is 0 Å². The van der Waals surface area contributed by atoms with E-state index in [1.807, 2.05) is 60.7 Å². The molecule has 0 saturated carbocycles. The fourth-order valence-electron chi connectivity index (χ4n) is 5.21. The molecule has 1 unspecified atom stereocenters. The summed E-state index contributed by atoms with van der Waals surface area (Å²) in [5.41, 5.74) is -3.55. The highest BCUT2D eigenvalue weighted by Crippen LogP contribution is 2.67. The number of alkyl halides is 2. The van der Waals surface area contributed by atoms with Gasteiger partial charge < -0.3 is 22.9 Å². The molecule has 0 radical (unpaired) electrons. The van der Waals surface area contributed by atoms with Gasteiger partial charge in [-0.05, 0) is 41.1 Å². The molecule has 6 nitrogen and oxygen atoms in total. The summed E-state index contributed by atoms with van der Waals surface area (Å²) in [6.07, 6.45) is -2.52. The van der Waals surface area contributed by atoms with Crippen molar-refractivity contribution in [2.75, 3.05) is 19.8 Å². The van der Waals surface area contributed by atoms with Gasteiger partial charge in [0.1, 0.15) is 0 Å². The quantitative estimate of drug-likeness (QED) is 0.173. The third kappa shape index (κ3) is 6.69. The fraction of sp³-hybridized carbons (Fsp3) is 0.536. The lowest BCUT2D eigenvalue weighted by atomic mass is 10.0. The SMILES string of the molecule is CCOP(=S)(OCC)C(F)(F)[C@H]1CC(OC(C)=O)O[C@@H]1CO[Si](c1ccccc1)(c1ccccc1)C(C)(C)C. The van der Waals surface area contributed by atoms with Crippen LogP contribution >= 0.6 is 6.49 Å². The molecule has 1 saturated heterocycles. The molecule has 216 valence electrons. The summed E-state index contributed by atoms with van der Waals surface area (Å²) in [4.78, 5) is 11.7. The Morgan fingerprint density at radius 2 is 1.49 bits per heavy atom. The lowest BCUT2D eigenvalue weighted by Crippen LogP contribution is -2.67. The first-order valence-corrected chi connectivity index (χ1v) is 17.7. The molecule has 1 aliphatic heterocycles. The Balaban J connectivity index is 2.07. The molecule has 3 rings (SSSR count). The first-order valence-electron chi connectivity index (χ1n) is 13.2. The van der Waals surface area contributed by atoms with Gasteiger partial charge in [-0.25, -0.2) is 0 Å². The molecule has 1 aliphatic rings. The van der Waals surface area contributed by atoms with Crippen molar-refractivity contribution in [1.29, 1.82) is 0 Å². The number of carbonyl (C=O) groups is 1. The van der Waals surface area contributed by atoms with Crippen LogP contribution in [0.3, 0.4) is 0 Å². The van der Waals surface area contributed by atoms with E-state index in [-0.39, 0.29) is 31.3 Å². The molecule has 0 aromatic heterocycles. The van der Waals surface area contributed by atoms with Crippen LogP contribution in [0.1, 0.15) is 48.0 Å². The number of esters is 1. The van der Waals surface area contributed by atoms with Crippen LogP contribution in [0.5, 0.6) is 0 Å². The van der Waals surface area contributed by atoms with Gasteiger partial charge in [0.25, 0.3) is 14.8 Å². The second-order valence-electron chi connectivity index (χ2n) is 10.5. The molecule has 0 spiro atoms. The van der Waals surface area contributed by atoms with Crippen molar-refractivity contribution in [2.45, 2.75) is 71.1 Å². The molecule has 0 amide bonds. The van der Waals surface area contributed by atoms with Gasteiger partial charge in [-0.2, -0.15) is 8.78 Å². The summed E-state index contributed by atoms with van der Waals surface area (Å²) in [6.45, 7) is 6.50. The van der Waals surface area contributed by atoms with E-state index in [1.165, 1.54) is 6.92 Å². The monoisotopic (exact) mass is 600 g/mol. The maximum absolute atomic E-state index is 16.2. The number of benzene rings is 2. The Morgan fingerprint density at radius 1 is 1.00 bits per heavy atom. The molecule has 2 aromatic carbocycles. The first-order chi connectivity index (χ1) is 18.3. The summed E-state index contributed by atoms with van der Waals surface area (Å²) in [5, 5.41) is 1.65. The van der Waals surface area contributed by atoms with Crippen molar-refractivity contribution >= 4 is 43.0 Å². The third-order valence-corrected chi connectivity index (χ3v) is 15.4. The van der Waals surface area contributed by atoms with E-state index in [9.17, 15) is 4.79 Å². The molecular formula is C28H39F2O6PSSi. The average molecular weight is 601 g/mol. The standard InChI is InChI=1S/C28H39F2O6PSSi/c1-7-32-37(38,33-8-2)28(29,30)24-19-26(35-21(3)31)36-25(24)20-34-39(27(4,5)6,22-15-11-9-12-16-22)23-17-13-10-14-18-23/h9-18,24-26H,7-8,19-20H2,1-6H3/t24-,25+,26?/m0/s1. The topological polar surface area (TPSA) is 63.2 Å². The summed E-state index contributed by atoms with van der Waals surface area (Å²) in [7, 11) is -3.05. The lowest BCUT2D eigenvalue weighted by Gasteiger charge is -2.44. The van der Waals surface area contributed by atoms with E-state index in [0.29, 0.717) is 0 Å². The first kappa shape index (κ1) is 32.0. The zero-order valence-electron chi connectivity index (χ0n) is 23.4. The number of halogens is 2. The van der Waals surface area contributed by atoms with Crippen LogP contribution in [-0.2, 0) is 39.5 Å². The second kappa shape index (κ2) is 13.0. The highest BCUT2D eigenvalue weighted by molar-refractivity contribution is 8.10. The van der Waals surface area contributed by atoms with Crippen molar-refractivity contribution in [3.8, 4) is 0 Å². The number of ether oxygens (including phenoxy) is 2. The van der Waals surface area contributed by atoms with Crippen molar-refractivity contribution in [3.05, 3.63) is 60.7 Å². The summed E-state index contributed by atoms with van der Waals surface area (Å²) >= 11 is 5.34. The van der Waals surface area contributed by atoms with Crippen LogP contribution in [0.15, 0.2) is 60.7 Å².